The molecule has 144 valence electrons. The van der Waals surface area contributed by atoms with E-state index in [0.717, 1.165) is 25.7 Å². The van der Waals surface area contributed by atoms with Crippen LogP contribution in [0.2, 0.25) is 0 Å². The Morgan fingerprint density at radius 1 is 1.19 bits per heavy atom. The molecule has 1 N–H and O–H groups in total. The molecule has 2 aliphatic heterocycles. The summed E-state index contributed by atoms with van der Waals surface area (Å²) >= 11 is 0. The molecule has 0 bridgehead atoms. The summed E-state index contributed by atoms with van der Waals surface area (Å²) in [6.45, 7) is 0.190. The maximum Gasteiger partial charge on any atom is 0.326 e. The van der Waals surface area contributed by atoms with Gasteiger partial charge in [-0.2, -0.15) is 0 Å². The van der Waals surface area contributed by atoms with Crippen LogP contribution in [-0.2, 0) is 14.4 Å². The van der Waals surface area contributed by atoms with E-state index < -0.39 is 12.0 Å². The van der Waals surface area contributed by atoms with Crippen LogP contribution < -0.4 is 9.64 Å². The molecule has 3 aliphatic rings. The minimum absolute atomic E-state index is 0.0278. The number of amides is 2. The van der Waals surface area contributed by atoms with Crippen LogP contribution in [0.4, 0.5) is 5.69 Å². The number of rotatable bonds is 4. The molecule has 1 saturated heterocycles. The highest BCUT2D eigenvalue weighted by molar-refractivity contribution is 5.98. The van der Waals surface area contributed by atoms with Crippen molar-refractivity contribution in [3.63, 3.8) is 0 Å². The fourth-order valence-corrected chi connectivity index (χ4v) is 4.77. The van der Waals surface area contributed by atoms with Gasteiger partial charge in [0.25, 0.3) is 5.91 Å². The molecule has 0 spiro atoms. The second-order valence-corrected chi connectivity index (χ2v) is 7.55. The average Bonchev–Trinajstić information content (AvgIpc) is 3.07. The lowest BCUT2D eigenvalue weighted by molar-refractivity contribution is -0.149. The molecule has 1 aromatic carbocycles. The largest absolute Gasteiger partial charge is 0.482 e. The van der Waals surface area contributed by atoms with Gasteiger partial charge >= 0.3 is 5.97 Å². The molecule has 2 fully saturated rings. The third-order valence-corrected chi connectivity index (χ3v) is 6.02. The van der Waals surface area contributed by atoms with E-state index in [0.29, 0.717) is 17.9 Å². The quantitative estimate of drug-likeness (QED) is 0.874. The fraction of sp³-hybridized carbons (Fsp3) is 0.550. The highest BCUT2D eigenvalue weighted by atomic mass is 16.5. The number of benzene rings is 1. The van der Waals surface area contributed by atoms with E-state index in [4.69, 9.17) is 4.74 Å². The summed E-state index contributed by atoms with van der Waals surface area (Å²) in [6.07, 6.45) is 4.67. The Labute approximate surface area is 157 Å². The first-order valence-electron chi connectivity index (χ1n) is 9.62. The van der Waals surface area contributed by atoms with E-state index >= 15 is 0 Å². The Hall–Kier alpha value is -2.57. The van der Waals surface area contributed by atoms with E-state index in [1.165, 1.54) is 0 Å². The Balaban J connectivity index is 1.48. The zero-order chi connectivity index (χ0) is 19.0. The van der Waals surface area contributed by atoms with Gasteiger partial charge in [0, 0.05) is 19.0 Å². The van der Waals surface area contributed by atoms with Gasteiger partial charge in [0.05, 0.1) is 5.69 Å². The van der Waals surface area contributed by atoms with Gasteiger partial charge < -0.3 is 19.6 Å². The maximum atomic E-state index is 13.0. The summed E-state index contributed by atoms with van der Waals surface area (Å²) < 4.78 is 5.43. The smallest absolute Gasteiger partial charge is 0.326 e. The van der Waals surface area contributed by atoms with E-state index in [1.807, 2.05) is 12.1 Å². The predicted octanol–water partition coefficient (Wildman–Crippen LogP) is 2.05. The van der Waals surface area contributed by atoms with Crippen LogP contribution in [0.1, 0.15) is 38.5 Å². The number of aliphatic carboxylic acids is 1. The average molecular weight is 372 g/mol. The van der Waals surface area contributed by atoms with Crippen LogP contribution in [-0.4, -0.2) is 53.0 Å². The van der Waals surface area contributed by atoms with Gasteiger partial charge in [-0.3, -0.25) is 9.59 Å². The Morgan fingerprint density at radius 2 is 1.96 bits per heavy atom. The first-order chi connectivity index (χ1) is 13.1. The standard InChI is InChI=1S/C20H24N2O5/c23-18(22-14-6-2-1-5-13(14)11-16(22)20(25)26)9-10-21-15-7-3-4-8-17(15)27-12-19(21)24/h3-4,7-8,13-14,16H,1-2,5-6,9-12H2,(H,25,26). The van der Waals surface area contributed by atoms with Gasteiger partial charge in [0.15, 0.2) is 6.61 Å². The number of anilines is 1. The van der Waals surface area contributed by atoms with Crippen LogP contribution in [0.15, 0.2) is 24.3 Å². The first-order valence-corrected chi connectivity index (χ1v) is 9.62. The van der Waals surface area contributed by atoms with Crippen molar-refractivity contribution in [1.82, 2.24) is 4.90 Å². The molecule has 7 nitrogen and oxygen atoms in total. The lowest BCUT2D eigenvalue weighted by atomic mass is 9.84. The third-order valence-electron chi connectivity index (χ3n) is 6.02. The van der Waals surface area contributed by atoms with Gasteiger partial charge in [-0.1, -0.05) is 25.0 Å². The molecule has 1 saturated carbocycles. The Bertz CT molecular complexity index is 764. The minimum Gasteiger partial charge on any atom is -0.482 e. The number of carboxylic acids is 1. The highest BCUT2D eigenvalue weighted by Crippen LogP contribution is 2.40. The van der Waals surface area contributed by atoms with Crippen LogP contribution in [0, 0.1) is 5.92 Å². The first kappa shape index (κ1) is 17.8. The number of carbonyl (C=O) groups is 3. The monoisotopic (exact) mass is 372 g/mol. The second-order valence-electron chi connectivity index (χ2n) is 7.55. The van der Waals surface area contributed by atoms with Crippen molar-refractivity contribution in [3.8, 4) is 5.75 Å². The summed E-state index contributed by atoms with van der Waals surface area (Å²) in [5, 5.41) is 9.59. The number of para-hydroxylation sites is 2. The van der Waals surface area contributed by atoms with Gasteiger partial charge in [-0.25, -0.2) is 4.79 Å². The van der Waals surface area contributed by atoms with Crippen LogP contribution in [0.5, 0.6) is 5.75 Å². The summed E-state index contributed by atoms with van der Waals surface area (Å²) in [4.78, 5) is 40.1. The zero-order valence-electron chi connectivity index (χ0n) is 15.2. The molecule has 3 unspecified atom stereocenters. The molecule has 0 radical (unpaired) electrons. The summed E-state index contributed by atoms with van der Waals surface area (Å²) in [6, 6.07) is 6.54. The SMILES string of the molecule is O=C(O)C1CC2CCCCC2N1C(=O)CCN1C(=O)COc2ccccc21. The lowest BCUT2D eigenvalue weighted by Gasteiger charge is -2.34. The van der Waals surface area contributed by atoms with Crippen molar-refractivity contribution < 1.29 is 24.2 Å². The second kappa shape index (κ2) is 7.21. The van der Waals surface area contributed by atoms with Gasteiger partial charge in [0.1, 0.15) is 11.8 Å². The van der Waals surface area contributed by atoms with Crippen molar-refractivity contribution in [2.75, 3.05) is 18.1 Å². The number of hydrogen-bond acceptors (Lipinski definition) is 4. The number of ether oxygens (including phenoxy) is 1. The minimum atomic E-state index is -0.925. The fourth-order valence-electron chi connectivity index (χ4n) is 4.77. The number of hydrogen-bond donors (Lipinski definition) is 1. The summed E-state index contributed by atoms with van der Waals surface area (Å²) in [5.41, 5.74) is 0.660. The van der Waals surface area contributed by atoms with Crippen molar-refractivity contribution in [1.29, 1.82) is 0 Å². The molecule has 3 atom stereocenters. The molecular formula is C20H24N2O5. The molecule has 0 aromatic heterocycles. The normalized spacial score (nSPS) is 27.0. The number of carbonyl (C=O) groups excluding carboxylic acids is 2. The number of fused-ring (bicyclic) bond motifs is 2. The van der Waals surface area contributed by atoms with Crippen LogP contribution in [0.25, 0.3) is 0 Å². The van der Waals surface area contributed by atoms with Crippen molar-refractivity contribution in [2.24, 2.45) is 5.92 Å². The Morgan fingerprint density at radius 3 is 2.78 bits per heavy atom. The highest BCUT2D eigenvalue weighted by Gasteiger charge is 2.47. The van der Waals surface area contributed by atoms with Crippen LogP contribution in [0.3, 0.4) is 0 Å². The van der Waals surface area contributed by atoms with Crippen molar-refractivity contribution in [3.05, 3.63) is 24.3 Å². The number of nitrogens with zero attached hydrogens (tertiary/aromatic N) is 2. The molecular weight excluding hydrogens is 348 g/mol. The topological polar surface area (TPSA) is 87.2 Å². The molecule has 27 heavy (non-hydrogen) atoms. The maximum absolute atomic E-state index is 13.0. The predicted molar refractivity (Wildman–Crippen MR) is 97.5 cm³/mol. The Kier molecular flexibility index (Phi) is 4.76. The van der Waals surface area contributed by atoms with E-state index in [2.05, 4.69) is 0 Å². The van der Waals surface area contributed by atoms with E-state index in [1.54, 1.807) is 21.9 Å². The van der Waals surface area contributed by atoms with Gasteiger partial charge in [0.2, 0.25) is 5.91 Å². The molecule has 1 aromatic rings. The van der Waals surface area contributed by atoms with Crippen LogP contribution >= 0.6 is 0 Å². The summed E-state index contributed by atoms with van der Waals surface area (Å²) in [7, 11) is 0. The molecule has 2 heterocycles. The van der Waals surface area contributed by atoms with Crippen molar-refractivity contribution >= 4 is 23.5 Å². The number of carboxylic acid groups (broad SMARTS) is 1. The molecule has 4 rings (SSSR count). The lowest BCUT2D eigenvalue weighted by Crippen LogP contribution is -2.48. The molecule has 2 amide bonds. The van der Waals surface area contributed by atoms with Gasteiger partial charge in [-0.05, 0) is 37.3 Å². The number of likely N-dealkylation sites (tertiary alicyclic amines) is 1. The van der Waals surface area contributed by atoms with E-state index in [9.17, 15) is 19.5 Å². The van der Waals surface area contributed by atoms with Crippen molar-refractivity contribution in [2.45, 2.75) is 50.6 Å². The molecule has 1 aliphatic carbocycles. The summed E-state index contributed by atoms with van der Waals surface area (Å²) in [5.74, 6) is -0.372. The third kappa shape index (κ3) is 3.26. The van der Waals surface area contributed by atoms with Gasteiger partial charge in [-0.15, -0.1) is 0 Å². The zero-order valence-corrected chi connectivity index (χ0v) is 15.2. The van der Waals surface area contributed by atoms with E-state index in [-0.39, 0.29) is 43.3 Å². The molecule has 7 heteroatoms.